The molecule has 1 aromatic carbocycles. The van der Waals surface area contributed by atoms with Gasteiger partial charge in [-0.2, -0.15) is 39.5 Å². The maximum atomic E-state index is 12.6. The number of hydrogen-bond donors (Lipinski definition) is 4. The second-order valence-electron chi connectivity index (χ2n) is 6.12. The zero-order valence-electron chi connectivity index (χ0n) is 15.6. The number of guanidine groups is 1. The molecule has 2 atom stereocenters. The van der Waals surface area contributed by atoms with Gasteiger partial charge in [0, 0.05) is 11.8 Å². The van der Waals surface area contributed by atoms with Crippen molar-refractivity contribution in [2.24, 2.45) is 4.99 Å². The maximum Gasteiger partial charge on any atom is 0.422 e. The number of alkyl halides is 9. The molecule has 1 aromatic rings. The van der Waals surface area contributed by atoms with Gasteiger partial charge >= 0.3 is 18.5 Å². The average Bonchev–Trinajstić information content (AvgIpc) is 2.63. The molecule has 32 heavy (non-hydrogen) atoms. The highest BCUT2D eigenvalue weighted by atomic mass is 32.2. The summed E-state index contributed by atoms with van der Waals surface area (Å²) < 4.78 is 117. The van der Waals surface area contributed by atoms with Crippen LogP contribution in [0.25, 0.3) is 0 Å². The first-order chi connectivity index (χ1) is 14.6. The monoisotopic (exact) mass is 498 g/mol. The highest BCUT2D eigenvalue weighted by Crippen LogP contribution is 2.30. The van der Waals surface area contributed by atoms with Gasteiger partial charge in [0.2, 0.25) is 12.3 Å². The number of aliphatic hydroxyl groups is 1. The Morgan fingerprint density at radius 2 is 1.62 bits per heavy atom. The van der Waals surface area contributed by atoms with Crippen LogP contribution in [-0.4, -0.2) is 47.5 Å². The summed E-state index contributed by atoms with van der Waals surface area (Å²) in [5, 5.41) is 15.5. The first kappa shape index (κ1) is 25.8. The normalized spacial score (nSPS) is 18.2. The second-order valence-corrected chi connectivity index (χ2v) is 7.23. The largest absolute Gasteiger partial charge is 0.469 e. The first-order valence-corrected chi connectivity index (χ1v) is 9.48. The molecular formula is C16H15F9N4O2S. The van der Waals surface area contributed by atoms with Crippen LogP contribution < -0.4 is 16.0 Å². The summed E-state index contributed by atoms with van der Waals surface area (Å²) in [5.74, 6) is -2.35. The number of anilines is 1. The fourth-order valence-electron chi connectivity index (χ4n) is 2.15. The van der Waals surface area contributed by atoms with Crippen LogP contribution in [0, 0.1) is 0 Å². The molecule has 2 rings (SSSR count). The van der Waals surface area contributed by atoms with Crippen molar-refractivity contribution in [3.63, 3.8) is 0 Å². The number of halogens is 9. The minimum Gasteiger partial charge on any atom is -0.469 e. The van der Waals surface area contributed by atoms with Gasteiger partial charge in [-0.1, -0.05) is 0 Å². The molecule has 2 unspecified atom stereocenters. The molecule has 0 aliphatic carbocycles. The lowest BCUT2D eigenvalue weighted by atomic mass is 10.2. The molecule has 0 fully saturated rings. The van der Waals surface area contributed by atoms with Gasteiger partial charge in [0.15, 0.2) is 12.5 Å². The summed E-state index contributed by atoms with van der Waals surface area (Å²) in [4.78, 5) is 3.78. The highest BCUT2D eigenvalue weighted by molar-refractivity contribution is 8.00. The molecule has 1 aliphatic rings. The molecule has 0 bridgehead atoms. The fourth-order valence-corrected chi connectivity index (χ4v) is 2.91. The lowest BCUT2D eigenvalue weighted by molar-refractivity contribution is -0.165. The molecular weight excluding hydrogens is 483 g/mol. The van der Waals surface area contributed by atoms with Gasteiger partial charge in [0.05, 0.1) is 11.3 Å². The van der Waals surface area contributed by atoms with Crippen LogP contribution in [0.5, 0.6) is 0 Å². The molecule has 16 heteroatoms. The lowest BCUT2D eigenvalue weighted by Gasteiger charge is -2.25. The Bertz CT molecular complexity index is 823. The van der Waals surface area contributed by atoms with Crippen molar-refractivity contribution >= 4 is 23.4 Å². The second kappa shape index (κ2) is 9.97. The Hall–Kier alpha value is -2.49. The van der Waals surface area contributed by atoms with E-state index in [0.717, 1.165) is 30.3 Å². The number of thioether (sulfide) groups is 1. The van der Waals surface area contributed by atoms with Crippen molar-refractivity contribution in [2.75, 3.05) is 17.7 Å². The topological polar surface area (TPSA) is 77.9 Å². The number of aliphatic hydroxyl groups excluding tert-OH is 1. The number of ether oxygens (including phenoxy) is 1. The van der Waals surface area contributed by atoms with Gasteiger partial charge in [-0.05, 0) is 24.3 Å². The van der Waals surface area contributed by atoms with E-state index in [4.69, 9.17) is 0 Å². The van der Waals surface area contributed by atoms with E-state index in [0.29, 0.717) is 0 Å². The van der Waals surface area contributed by atoms with E-state index in [1.54, 1.807) is 0 Å². The SMILES string of the molecule is OC(NC1=NC(SCC(F)(F)F)C=C(OCC(F)(F)F)N1)Nc1ccc(C(F)(F)F)cc1. The van der Waals surface area contributed by atoms with Gasteiger partial charge in [0.25, 0.3) is 0 Å². The van der Waals surface area contributed by atoms with Gasteiger partial charge in [-0.3, -0.25) is 5.32 Å². The molecule has 1 aliphatic heterocycles. The van der Waals surface area contributed by atoms with Gasteiger partial charge in [-0.25, -0.2) is 4.99 Å². The average molecular weight is 498 g/mol. The number of aliphatic imine (C=N–C) groups is 1. The maximum absolute atomic E-state index is 12.6. The predicted octanol–water partition coefficient (Wildman–Crippen LogP) is 3.98. The molecule has 1 heterocycles. The van der Waals surface area contributed by atoms with Gasteiger partial charge < -0.3 is 20.5 Å². The van der Waals surface area contributed by atoms with Crippen molar-refractivity contribution in [1.29, 1.82) is 0 Å². The molecule has 0 aromatic heterocycles. The van der Waals surface area contributed by atoms with E-state index in [9.17, 15) is 44.6 Å². The predicted molar refractivity (Wildman–Crippen MR) is 97.2 cm³/mol. The zero-order valence-corrected chi connectivity index (χ0v) is 16.4. The van der Waals surface area contributed by atoms with Crippen LogP contribution in [0.4, 0.5) is 45.2 Å². The van der Waals surface area contributed by atoms with Crippen LogP contribution in [0.3, 0.4) is 0 Å². The van der Waals surface area contributed by atoms with Gasteiger partial charge in [-0.15, -0.1) is 11.8 Å². The lowest BCUT2D eigenvalue weighted by Crippen LogP contribution is -2.48. The highest BCUT2D eigenvalue weighted by Gasteiger charge is 2.32. The molecule has 0 radical (unpaired) electrons. The van der Waals surface area contributed by atoms with E-state index in [2.05, 4.69) is 25.7 Å². The third-order valence-corrected chi connectivity index (χ3v) is 4.47. The summed E-state index contributed by atoms with van der Waals surface area (Å²) in [5.41, 5.74) is -0.911. The number of hydrogen-bond acceptors (Lipinski definition) is 7. The van der Waals surface area contributed by atoms with Crippen molar-refractivity contribution in [2.45, 2.75) is 30.3 Å². The minimum absolute atomic E-state index is 0.0292. The van der Waals surface area contributed by atoms with Crippen molar-refractivity contribution in [3.8, 4) is 0 Å². The summed E-state index contributed by atoms with van der Waals surface area (Å²) in [6.45, 7) is -1.73. The molecule has 6 nitrogen and oxygen atoms in total. The smallest absolute Gasteiger partial charge is 0.422 e. The number of benzene rings is 1. The minimum atomic E-state index is -4.72. The molecule has 0 saturated heterocycles. The number of nitrogens with one attached hydrogen (secondary N) is 3. The van der Waals surface area contributed by atoms with Crippen molar-refractivity contribution in [1.82, 2.24) is 10.6 Å². The van der Waals surface area contributed by atoms with Crippen LogP contribution in [0.2, 0.25) is 0 Å². The molecule has 0 saturated carbocycles. The molecule has 180 valence electrons. The quantitative estimate of drug-likeness (QED) is 0.337. The summed E-state index contributed by atoms with van der Waals surface area (Å²) in [7, 11) is 0. The molecule has 0 spiro atoms. The van der Waals surface area contributed by atoms with E-state index in [-0.39, 0.29) is 17.4 Å². The Kier molecular flexibility index (Phi) is 8.03. The van der Waals surface area contributed by atoms with Crippen LogP contribution in [-0.2, 0) is 10.9 Å². The number of rotatable bonds is 7. The summed E-state index contributed by atoms with van der Waals surface area (Å²) in [6, 6.07) is 3.48. The van der Waals surface area contributed by atoms with E-state index in [1.165, 1.54) is 0 Å². The van der Waals surface area contributed by atoms with Crippen molar-refractivity contribution < 1.29 is 49.4 Å². The third-order valence-electron chi connectivity index (χ3n) is 3.39. The van der Waals surface area contributed by atoms with Crippen molar-refractivity contribution in [3.05, 3.63) is 41.8 Å². The Balaban J connectivity index is 2.03. The Morgan fingerprint density at radius 1 is 1.00 bits per heavy atom. The van der Waals surface area contributed by atoms with Crippen LogP contribution >= 0.6 is 11.8 Å². The third kappa shape index (κ3) is 9.33. The summed E-state index contributed by atoms with van der Waals surface area (Å²) >= 11 is 0.241. The molecule has 0 amide bonds. The zero-order chi connectivity index (χ0) is 24.2. The van der Waals surface area contributed by atoms with E-state index in [1.807, 2.05) is 0 Å². The van der Waals surface area contributed by atoms with E-state index >= 15 is 0 Å². The van der Waals surface area contributed by atoms with Gasteiger partial charge in [0.1, 0.15) is 5.37 Å². The Morgan fingerprint density at radius 3 is 2.16 bits per heavy atom. The summed E-state index contributed by atoms with van der Waals surface area (Å²) in [6.07, 6.45) is -14.7. The standard InChI is InChI=1S/C16H15F9N4O2S/c17-14(18,19)6-31-10-5-11(32-7-15(20,21)22)28-12(27-10)29-13(30)26-9-3-1-8(2-4-9)16(23,24)25/h1-5,11,13,26,30H,6-7H2,(H2,27,28,29). The Labute approximate surface area is 178 Å². The van der Waals surface area contributed by atoms with E-state index < -0.39 is 60.0 Å². The first-order valence-electron chi connectivity index (χ1n) is 8.44. The molecule has 4 N–H and O–H groups in total. The fraction of sp³-hybridized carbons (Fsp3) is 0.438. The van der Waals surface area contributed by atoms with Crippen LogP contribution in [0.1, 0.15) is 5.56 Å². The van der Waals surface area contributed by atoms with Crippen LogP contribution in [0.15, 0.2) is 41.2 Å². The number of nitrogens with zero attached hydrogens (tertiary/aromatic N) is 1.